The standard InChI is InChI=1S/C32H34FN5O9/c1-12(39)15-10-14(6-7-18(15)33)35-31(46)36-19-11-20(37(2)3)16-8-13-9-17-24(38(4)5)27(42)23(30(34)45)29(44)32(17,47)28(43)21(13)26(41)22(16)25(19)40/h6-7,10-11,13,17,24,40,42-43,47H,8-9H2,1-5H3,(H2,34,45)(H2,35,36,46). The number of nitrogens with one attached hydrogen (secondary N) is 2. The molecule has 3 aliphatic rings. The third-order valence-corrected chi connectivity index (χ3v) is 9.03. The van der Waals surface area contributed by atoms with Crippen molar-refractivity contribution in [3.8, 4) is 5.75 Å². The van der Waals surface area contributed by atoms with Crippen LogP contribution in [0.2, 0.25) is 0 Å². The van der Waals surface area contributed by atoms with Gasteiger partial charge in [0.15, 0.2) is 22.9 Å². The Hall–Kier alpha value is -5.28. The number of ketones is 3. The summed E-state index contributed by atoms with van der Waals surface area (Å²) in [6, 6.07) is 2.77. The Morgan fingerprint density at radius 1 is 1.04 bits per heavy atom. The molecule has 47 heavy (non-hydrogen) atoms. The zero-order valence-electron chi connectivity index (χ0n) is 26.1. The van der Waals surface area contributed by atoms with Crippen LogP contribution in [0, 0.1) is 17.7 Å². The van der Waals surface area contributed by atoms with Gasteiger partial charge >= 0.3 is 6.03 Å². The number of aliphatic hydroxyl groups is 3. The first-order valence-electron chi connectivity index (χ1n) is 14.5. The monoisotopic (exact) mass is 651 g/mol. The van der Waals surface area contributed by atoms with Crippen molar-refractivity contribution >= 4 is 46.4 Å². The predicted molar refractivity (Wildman–Crippen MR) is 167 cm³/mol. The van der Waals surface area contributed by atoms with Gasteiger partial charge in [-0.2, -0.15) is 0 Å². The lowest BCUT2D eigenvalue weighted by molar-refractivity contribution is -0.148. The van der Waals surface area contributed by atoms with E-state index in [0.29, 0.717) is 11.3 Å². The largest absolute Gasteiger partial charge is 0.510 e. The van der Waals surface area contributed by atoms with Gasteiger partial charge in [0.25, 0.3) is 5.91 Å². The number of hydrogen-bond acceptors (Lipinski definition) is 11. The summed E-state index contributed by atoms with van der Waals surface area (Å²) in [5.74, 6) is -9.25. The number of anilines is 3. The second-order valence-corrected chi connectivity index (χ2v) is 12.3. The number of aromatic hydroxyl groups is 1. The van der Waals surface area contributed by atoms with Gasteiger partial charge in [0.05, 0.1) is 22.9 Å². The number of likely N-dealkylation sites (N-methyl/N-ethyl adjacent to an activating group) is 1. The first kappa shape index (κ1) is 33.1. The number of rotatable bonds is 6. The number of benzene rings is 2. The number of carbonyl (C=O) groups excluding carboxylic acids is 5. The van der Waals surface area contributed by atoms with E-state index in [0.717, 1.165) is 19.1 Å². The Morgan fingerprint density at radius 2 is 1.70 bits per heavy atom. The van der Waals surface area contributed by atoms with Gasteiger partial charge in [-0.15, -0.1) is 0 Å². The minimum absolute atomic E-state index is 0.0471. The smallest absolute Gasteiger partial charge is 0.323 e. The fourth-order valence-electron chi connectivity index (χ4n) is 6.95. The quantitative estimate of drug-likeness (QED) is 0.136. The molecule has 0 saturated carbocycles. The van der Waals surface area contributed by atoms with Gasteiger partial charge in [-0.25, -0.2) is 9.18 Å². The Bertz CT molecular complexity index is 1850. The molecular weight excluding hydrogens is 617 g/mol. The van der Waals surface area contributed by atoms with Gasteiger partial charge in [-0.3, -0.25) is 24.1 Å². The molecule has 4 unspecified atom stereocenters. The van der Waals surface area contributed by atoms with E-state index < -0.39 is 81.4 Å². The fraction of sp³-hybridized carbons (Fsp3) is 0.344. The van der Waals surface area contributed by atoms with Gasteiger partial charge in [-0.1, -0.05) is 0 Å². The van der Waals surface area contributed by atoms with Crippen LogP contribution in [0.3, 0.4) is 0 Å². The molecule has 0 fully saturated rings. The number of allylic oxidation sites excluding steroid dienone is 1. The van der Waals surface area contributed by atoms with Crippen LogP contribution in [0.5, 0.6) is 5.75 Å². The number of halogens is 1. The number of carbonyl (C=O) groups is 5. The van der Waals surface area contributed by atoms with Crippen molar-refractivity contribution in [2.75, 3.05) is 43.7 Å². The number of nitrogens with zero attached hydrogens (tertiary/aromatic N) is 2. The number of aliphatic hydroxyl groups excluding tert-OH is 2. The zero-order valence-corrected chi connectivity index (χ0v) is 26.1. The van der Waals surface area contributed by atoms with Crippen molar-refractivity contribution in [1.82, 2.24) is 4.90 Å². The van der Waals surface area contributed by atoms with Crippen LogP contribution in [0.4, 0.5) is 26.2 Å². The molecule has 0 heterocycles. The highest BCUT2D eigenvalue weighted by molar-refractivity contribution is 6.25. The van der Waals surface area contributed by atoms with Crippen LogP contribution in [0.25, 0.3) is 0 Å². The average molecular weight is 652 g/mol. The van der Waals surface area contributed by atoms with E-state index >= 15 is 0 Å². The van der Waals surface area contributed by atoms with Gasteiger partial charge in [0.1, 0.15) is 22.9 Å². The highest BCUT2D eigenvalue weighted by atomic mass is 19.1. The molecule has 0 aromatic heterocycles. The summed E-state index contributed by atoms with van der Waals surface area (Å²) in [5.41, 5.74) is 1.40. The van der Waals surface area contributed by atoms with Gasteiger partial charge in [-0.05, 0) is 69.6 Å². The molecule has 3 aliphatic carbocycles. The number of phenols is 1. The Kier molecular flexibility index (Phi) is 8.10. The lowest BCUT2D eigenvalue weighted by atomic mass is 9.58. The van der Waals surface area contributed by atoms with Crippen LogP contribution < -0.4 is 21.3 Å². The summed E-state index contributed by atoms with van der Waals surface area (Å²) in [7, 11) is 6.42. The van der Waals surface area contributed by atoms with Crippen molar-refractivity contribution in [3.05, 3.63) is 69.4 Å². The number of fused-ring (bicyclic) bond motifs is 3. The lowest BCUT2D eigenvalue weighted by Crippen LogP contribution is -2.63. The van der Waals surface area contributed by atoms with Crippen molar-refractivity contribution in [2.45, 2.75) is 31.4 Å². The summed E-state index contributed by atoms with van der Waals surface area (Å²) < 4.78 is 14.0. The van der Waals surface area contributed by atoms with E-state index in [1.165, 1.54) is 17.0 Å². The Labute approximate surface area is 268 Å². The van der Waals surface area contributed by atoms with Gasteiger partial charge < -0.3 is 41.7 Å². The molecule has 0 aliphatic heterocycles. The van der Waals surface area contributed by atoms with Crippen LogP contribution in [-0.2, 0) is 16.0 Å². The molecule has 2 aromatic carbocycles. The number of urea groups is 1. The topological polar surface area (TPSA) is 223 Å². The lowest BCUT2D eigenvalue weighted by Gasteiger charge is -2.50. The second kappa shape index (κ2) is 11.5. The van der Waals surface area contributed by atoms with Crippen molar-refractivity contribution < 1.29 is 48.8 Å². The third kappa shape index (κ3) is 5.07. The van der Waals surface area contributed by atoms with Crippen molar-refractivity contribution in [3.63, 3.8) is 0 Å². The SMILES string of the molecule is CC(=O)c1cc(NC(=O)Nc2cc(N(C)C)c3c(c2O)C(=O)C2=C(O)C4(O)C(=O)C(C(N)=O)=C(O)C(N(C)C)C4CC2C3)ccc1F. The minimum atomic E-state index is -2.80. The van der Waals surface area contributed by atoms with Gasteiger partial charge in [0, 0.05) is 37.0 Å². The maximum atomic E-state index is 14.2. The maximum absolute atomic E-state index is 14.2. The molecule has 0 bridgehead atoms. The summed E-state index contributed by atoms with van der Waals surface area (Å²) in [6.07, 6.45) is -0.0345. The minimum Gasteiger partial charge on any atom is -0.510 e. The Morgan fingerprint density at radius 3 is 2.28 bits per heavy atom. The molecule has 3 amide bonds. The molecule has 8 N–H and O–H groups in total. The first-order chi connectivity index (χ1) is 21.9. The highest BCUT2D eigenvalue weighted by Crippen LogP contribution is 2.54. The van der Waals surface area contributed by atoms with Crippen LogP contribution in [0.1, 0.15) is 39.6 Å². The van der Waals surface area contributed by atoms with Crippen LogP contribution >= 0.6 is 0 Å². The molecular formula is C32H34FN5O9. The van der Waals surface area contributed by atoms with Gasteiger partial charge in [0.2, 0.25) is 5.78 Å². The summed E-state index contributed by atoms with van der Waals surface area (Å²) in [4.78, 5) is 67.6. The molecule has 4 atom stereocenters. The average Bonchev–Trinajstić information content (AvgIpc) is 2.96. The van der Waals surface area contributed by atoms with Crippen molar-refractivity contribution in [1.29, 1.82) is 0 Å². The molecule has 2 aromatic rings. The summed E-state index contributed by atoms with van der Waals surface area (Å²) in [5, 5.41) is 50.5. The molecule has 248 valence electrons. The number of nitrogens with two attached hydrogens (primary N) is 1. The normalized spacial score (nSPS) is 23.6. The molecule has 5 rings (SSSR count). The van der Waals surface area contributed by atoms with E-state index in [1.807, 2.05) is 0 Å². The van der Waals surface area contributed by atoms with E-state index in [1.54, 1.807) is 33.1 Å². The fourth-order valence-corrected chi connectivity index (χ4v) is 6.95. The highest BCUT2D eigenvalue weighted by Gasteiger charge is 2.63. The van der Waals surface area contributed by atoms with E-state index in [9.17, 15) is 48.8 Å². The van der Waals surface area contributed by atoms with E-state index in [2.05, 4.69) is 10.6 Å². The first-order valence-corrected chi connectivity index (χ1v) is 14.5. The molecule has 0 saturated heterocycles. The number of Topliss-reactive ketones (excluding diaryl/α,β-unsaturated/α-hetero) is 3. The van der Waals surface area contributed by atoms with E-state index in [-0.39, 0.29) is 40.9 Å². The predicted octanol–water partition coefficient (Wildman–Crippen LogP) is 2.17. The second-order valence-electron chi connectivity index (χ2n) is 12.3. The molecule has 14 nitrogen and oxygen atoms in total. The summed E-state index contributed by atoms with van der Waals surface area (Å²) >= 11 is 0. The zero-order chi connectivity index (χ0) is 34.9. The molecule has 0 spiro atoms. The van der Waals surface area contributed by atoms with Crippen LogP contribution in [0.15, 0.2) is 46.9 Å². The number of primary amides is 1. The number of phenolic OH excluding ortho intramolecular Hbond substituents is 1. The Balaban J connectivity index is 1.59. The number of hydrogen-bond donors (Lipinski definition) is 7. The summed E-state index contributed by atoms with van der Waals surface area (Å²) in [6.45, 7) is 1.16. The third-order valence-electron chi connectivity index (χ3n) is 9.03. The molecule has 0 radical (unpaired) electrons. The molecule has 15 heteroatoms. The van der Waals surface area contributed by atoms with Crippen molar-refractivity contribution in [2.24, 2.45) is 17.6 Å². The maximum Gasteiger partial charge on any atom is 0.323 e. The number of amides is 3. The van der Waals surface area contributed by atoms with E-state index in [4.69, 9.17) is 5.73 Å². The van der Waals surface area contributed by atoms with Crippen LogP contribution in [-0.4, -0.2) is 94.4 Å².